The fourth-order valence-electron chi connectivity index (χ4n) is 2.69. The van der Waals surface area contributed by atoms with Gasteiger partial charge in [0.1, 0.15) is 5.82 Å². The van der Waals surface area contributed by atoms with E-state index in [1.165, 1.54) is 12.8 Å². The molecule has 0 aliphatic heterocycles. The Morgan fingerprint density at radius 2 is 2.06 bits per heavy atom. The molecule has 2 aromatic heterocycles. The van der Waals surface area contributed by atoms with E-state index in [0.29, 0.717) is 17.6 Å². The highest BCUT2D eigenvalue weighted by atomic mass is 15.3. The molecule has 1 aliphatic carbocycles. The van der Waals surface area contributed by atoms with Crippen LogP contribution in [0.4, 0.5) is 0 Å². The van der Waals surface area contributed by atoms with Crippen LogP contribution in [0.1, 0.15) is 37.4 Å². The van der Waals surface area contributed by atoms with E-state index >= 15 is 0 Å². The van der Waals surface area contributed by atoms with Crippen molar-refractivity contribution in [1.82, 2.24) is 19.6 Å². The van der Waals surface area contributed by atoms with Gasteiger partial charge in [0.15, 0.2) is 0 Å². The van der Waals surface area contributed by atoms with Gasteiger partial charge in [0.05, 0.1) is 0 Å². The number of nitrogens with zero attached hydrogens (tertiary/aromatic N) is 4. The van der Waals surface area contributed by atoms with Gasteiger partial charge >= 0.3 is 0 Å². The van der Waals surface area contributed by atoms with Crippen molar-refractivity contribution in [2.45, 2.75) is 31.6 Å². The van der Waals surface area contributed by atoms with E-state index < -0.39 is 0 Å². The average molecular weight is 231 g/mol. The topological polar surface area (TPSA) is 69.1 Å². The van der Waals surface area contributed by atoms with Gasteiger partial charge in [0.25, 0.3) is 5.78 Å². The summed E-state index contributed by atoms with van der Waals surface area (Å²) in [5.41, 5.74) is 5.71. The van der Waals surface area contributed by atoms with Crippen LogP contribution in [-0.4, -0.2) is 26.1 Å². The van der Waals surface area contributed by atoms with E-state index in [-0.39, 0.29) is 0 Å². The minimum atomic E-state index is 0.511. The Morgan fingerprint density at radius 1 is 1.24 bits per heavy atom. The summed E-state index contributed by atoms with van der Waals surface area (Å²) in [4.78, 5) is 4.20. The third-order valence-electron chi connectivity index (χ3n) is 3.76. The van der Waals surface area contributed by atoms with E-state index in [9.17, 15) is 0 Å². The van der Waals surface area contributed by atoms with Crippen LogP contribution in [0.5, 0.6) is 0 Å². The first-order valence-electron chi connectivity index (χ1n) is 6.24. The average Bonchev–Trinajstić information content (AvgIpc) is 2.83. The van der Waals surface area contributed by atoms with Crippen LogP contribution in [0.25, 0.3) is 5.78 Å². The van der Waals surface area contributed by atoms with Crippen LogP contribution in [0.15, 0.2) is 18.5 Å². The van der Waals surface area contributed by atoms with Crippen molar-refractivity contribution in [3.05, 3.63) is 24.3 Å². The first kappa shape index (κ1) is 10.7. The summed E-state index contributed by atoms with van der Waals surface area (Å²) < 4.78 is 2.01. The molecule has 0 amide bonds. The molecule has 1 aliphatic rings. The molecule has 0 unspecified atom stereocenters. The van der Waals surface area contributed by atoms with E-state index in [1.54, 1.807) is 6.20 Å². The van der Waals surface area contributed by atoms with Crippen molar-refractivity contribution in [2.24, 2.45) is 11.7 Å². The van der Waals surface area contributed by atoms with Gasteiger partial charge in [0.2, 0.25) is 0 Å². The fourth-order valence-corrected chi connectivity index (χ4v) is 2.69. The lowest BCUT2D eigenvalue weighted by Crippen LogP contribution is -2.21. The van der Waals surface area contributed by atoms with Crippen molar-refractivity contribution in [3.8, 4) is 0 Å². The molecule has 1 fully saturated rings. The number of rotatable bonds is 2. The van der Waals surface area contributed by atoms with Gasteiger partial charge in [-0.15, -0.1) is 10.2 Å². The summed E-state index contributed by atoms with van der Waals surface area (Å²) in [6.07, 6.45) is 8.48. The fraction of sp³-hybridized carbons (Fsp3) is 0.583. The molecule has 0 atom stereocenters. The Labute approximate surface area is 100 Å². The van der Waals surface area contributed by atoms with Crippen molar-refractivity contribution >= 4 is 5.78 Å². The van der Waals surface area contributed by atoms with Crippen molar-refractivity contribution in [2.75, 3.05) is 6.54 Å². The van der Waals surface area contributed by atoms with Crippen molar-refractivity contribution in [1.29, 1.82) is 0 Å². The Balaban J connectivity index is 1.85. The largest absolute Gasteiger partial charge is 0.330 e. The molecule has 3 rings (SSSR count). The number of fused-ring (bicyclic) bond motifs is 1. The molecule has 17 heavy (non-hydrogen) atoms. The smallest absolute Gasteiger partial charge is 0.254 e. The molecule has 2 N–H and O–H groups in total. The highest BCUT2D eigenvalue weighted by molar-refractivity contribution is 5.27. The van der Waals surface area contributed by atoms with E-state index in [4.69, 9.17) is 5.73 Å². The quantitative estimate of drug-likeness (QED) is 0.847. The number of hydrogen-bond donors (Lipinski definition) is 1. The molecule has 5 nitrogen and oxygen atoms in total. The number of hydrogen-bond acceptors (Lipinski definition) is 4. The lowest BCUT2D eigenvalue weighted by atomic mass is 9.82. The van der Waals surface area contributed by atoms with Gasteiger partial charge in [0, 0.05) is 18.3 Å². The zero-order valence-electron chi connectivity index (χ0n) is 9.79. The van der Waals surface area contributed by atoms with Gasteiger partial charge in [-0.25, -0.2) is 4.98 Å². The monoisotopic (exact) mass is 231 g/mol. The SMILES string of the molecule is NCC1CCC(c2nnc3ncccn23)CC1. The summed E-state index contributed by atoms with van der Waals surface area (Å²) in [5, 5.41) is 8.40. The van der Waals surface area contributed by atoms with Gasteiger partial charge in [-0.05, 0) is 44.2 Å². The van der Waals surface area contributed by atoms with Crippen LogP contribution in [0.3, 0.4) is 0 Å². The molecule has 0 saturated heterocycles. The molecule has 0 aromatic carbocycles. The molecule has 0 bridgehead atoms. The molecule has 2 aromatic rings. The van der Waals surface area contributed by atoms with Crippen LogP contribution < -0.4 is 5.73 Å². The normalized spacial score (nSPS) is 25.2. The zero-order valence-corrected chi connectivity index (χ0v) is 9.79. The second-order valence-electron chi connectivity index (χ2n) is 4.80. The van der Waals surface area contributed by atoms with E-state index in [1.807, 2.05) is 16.7 Å². The predicted molar refractivity (Wildman–Crippen MR) is 64.5 cm³/mol. The molecule has 2 heterocycles. The lowest BCUT2D eigenvalue weighted by molar-refractivity contribution is 0.324. The number of aromatic nitrogens is 4. The molecule has 5 heteroatoms. The Kier molecular flexibility index (Phi) is 2.76. The third kappa shape index (κ3) is 1.91. The first-order valence-corrected chi connectivity index (χ1v) is 6.24. The molecule has 90 valence electrons. The maximum atomic E-state index is 5.71. The Bertz CT molecular complexity index is 498. The second kappa shape index (κ2) is 4.41. The highest BCUT2D eigenvalue weighted by Crippen LogP contribution is 2.34. The molecule has 0 radical (unpaired) electrons. The van der Waals surface area contributed by atoms with Gasteiger partial charge < -0.3 is 5.73 Å². The van der Waals surface area contributed by atoms with E-state index in [0.717, 1.165) is 25.2 Å². The lowest BCUT2D eigenvalue weighted by Gasteiger charge is -2.26. The number of nitrogens with two attached hydrogens (primary N) is 1. The van der Waals surface area contributed by atoms with Crippen LogP contribution in [0, 0.1) is 5.92 Å². The third-order valence-corrected chi connectivity index (χ3v) is 3.76. The summed E-state index contributed by atoms with van der Waals surface area (Å²) in [5.74, 6) is 2.97. The minimum Gasteiger partial charge on any atom is -0.330 e. The summed E-state index contributed by atoms with van der Waals surface area (Å²) in [6.45, 7) is 0.814. The maximum Gasteiger partial charge on any atom is 0.254 e. The molecular formula is C12H17N5. The Morgan fingerprint density at radius 3 is 2.82 bits per heavy atom. The minimum absolute atomic E-state index is 0.511. The maximum absolute atomic E-state index is 5.71. The Hall–Kier alpha value is -1.49. The predicted octanol–water partition coefficient (Wildman–Crippen LogP) is 1.36. The first-order chi connectivity index (χ1) is 8.38. The van der Waals surface area contributed by atoms with Crippen LogP contribution in [0.2, 0.25) is 0 Å². The summed E-state index contributed by atoms with van der Waals surface area (Å²) in [6, 6.07) is 1.92. The zero-order chi connectivity index (χ0) is 11.7. The molecule has 0 spiro atoms. The summed E-state index contributed by atoms with van der Waals surface area (Å²) >= 11 is 0. The van der Waals surface area contributed by atoms with Crippen molar-refractivity contribution in [3.63, 3.8) is 0 Å². The van der Waals surface area contributed by atoms with Crippen molar-refractivity contribution < 1.29 is 0 Å². The van der Waals surface area contributed by atoms with Gasteiger partial charge in [-0.1, -0.05) is 0 Å². The van der Waals surface area contributed by atoms with Gasteiger partial charge in [-0.2, -0.15) is 0 Å². The van der Waals surface area contributed by atoms with Crippen LogP contribution >= 0.6 is 0 Å². The second-order valence-corrected chi connectivity index (χ2v) is 4.80. The standard InChI is InChI=1S/C12H17N5/c13-8-9-2-4-10(5-3-9)11-15-16-12-14-6-1-7-17(11)12/h1,6-7,9-10H,2-5,8,13H2. The molecular weight excluding hydrogens is 214 g/mol. The van der Waals surface area contributed by atoms with Gasteiger partial charge in [-0.3, -0.25) is 4.40 Å². The summed E-state index contributed by atoms with van der Waals surface area (Å²) in [7, 11) is 0. The molecule has 1 saturated carbocycles. The highest BCUT2D eigenvalue weighted by Gasteiger charge is 2.25. The van der Waals surface area contributed by atoms with E-state index in [2.05, 4.69) is 15.2 Å². The van der Waals surface area contributed by atoms with Crippen LogP contribution in [-0.2, 0) is 0 Å².